The molecule has 1 saturated carbocycles. The van der Waals surface area contributed by atoms with E-state index in [9.17, 15) is 4.79 Å². The molecule has 2 atom stereocenters. The van der Waals surface area contributed by atoms with Gasteiger partial charge in [0, 0.05) is 29.8 Å². The first kappa shape index (κ1) is 11.1. The Morgan fingerprint density at radius 2 is 2.50 bits per heavy atom. The molecule has 1 amide bonds. The molecule has 16 heavy (non-hydrogen) atoms. The SMILES string of the molecule is Cc1[nH]ncc1CNC(=O)C1CCC(N)C1. The first-order valence-corrected chi connectivity index (χ1v) is 5.69. The van der Waals surface area contributed by atoms with Gasteiger partial charge >= 0.3 is 0 Å². The Hall–Kier alpha value is -1.36. The number of aromatic nitrogens is 2. The molecule has 0 bridgehead atoms. The first-order valence-electron chi connectivity index (χ1n) is 5.69. The van der Waals surface area contributed by atoms with Crippen LogP contribution >= 0.6 is 0 Å². The van der Waals surface area contributed by atoms with Gasteiger partial charge in [-0.3, -0.25) is 9.89 Å². The summed E-state index contributed by atoms with van der Waals surface area (Å²) in [5.74, 6) is 0.218. The molecule has 2 unspecified atom stereocenters. The highest BCUT2D eigenvalue weighted by molar-refractivity contribution is 5.79. The van der Waals surface area contributed by atoms with E-state index in [0.717, 1.165) is 30.5 Å². The molecule has 4 N–H and O–H groups in total. The lowest BCUT2D eigenvalue weighted by atomic mass is 10.1. The van der Waals surface area contributed by atoms with E-state index in [2.05, 4.69) is 15.5 Å². The molecule has 5 nitrogen and oxygen atoms in total. The van der Waals surface area contributed by atoms with Gasteiger partial charge in [-0.05, 0) is 26.2 Å². The van der Waals surface area contributed by atoms with Crippen LogP contribution in [0.1, 0.15) is 30.5 Å². The average Bonchev–Trinajstić information content (AvgIpc) is 2.84. The van der Waals surface area contributed by atoms with E-state index in [0.29, 0.717) is 6.54 Å². The summed E-state index contributed by atoms with van der Waals surface area (Å²) in [5, 5.41) is 9.69. The average molecular weight is 222 g/mol. The standard InChI is InChI=1S/C11H18N4O/c1-7-9(6-14-15-7)5-13-11(16)8-2-3-10(12)4-8/h6,8,10H,2-5,12H2,1H3,(H,13,16)(H,14,15). The maximum Gasteiger partial charge on any atom is 0.223 e. The van der Waals surface area contributed by atoms with Gasteiger partial charge < -0.3 is 11.1 Å². The number of amides is 1. The van der Waals surface area contributed by atoms with Crippen LogP contribution in [-0.2, 0) is 11.3 Å². The molecule has 0 radical (unpaired) electrons. The van der Waals surface area contributed by atoms with Crippen LogP contribution in [-0.4, -0.2) is 22.1 Å². The molecule has 1 aliphatic carbocycles. The summed E-state index contributed by atoms with van der Waals surface area (Å²) < 4.78 is 0. The van der Waals surface area contributed by atoms with Crippen molar-refractivity contribution in [3.8, 4) is 0 Å². The number of rotatable bonds is 3. The van der Waals surface area contributed by atoms with Gasteiger partial charge in [0.1, 0.15) is 0 Å². The minimum Gasteiger partial charge on any atom is -0.352 e. The molecule has 0 aliphatic heterocycles. The Kier molecular flexibility index (Phi) is 3.24. The molecule has 1 aromatic heterocycles. The molecule has 1 aliphatic rings. The summed E-state index contributed by atoms with van der Waals surface area (Å²) in [5.41, 5.74) is 7.82. The Labute approximate surface area is 94.8 Å². The lowest BCUT2D eigenvalue weighted by molar-refractivity contribution is -0.125. The van der Waals surface area contributed by atoms with Crippen LogP contribution in [0.5, 0.6) is 0 Å². The highest BCUT2D eigenvalue weighted by Crippen LogP contribution is 2.24. The van der Waals surface area contributed by atoms with Gasteiger partial charge in [0.15, 0.2) is 0 Å². The number of nitrogens with one attached hydrogen (secondary N) is 2. The van der Waals surface area contributed by atoms with Crippen molar-refractivity contribution in [1.29, 1.82) is 0 Å². The van der Waals surface area contributed by atoms with Crippen molar-refractivity contribution in [2.45, 2.75) is 38.8 Å². The number of hydrogen-bond donors (Lipinski definition) is 3. The predicted molar refractivity (Wildman–Crippen MR) is 60.5 cm³/mol. The van der Waals surface area contributed by atoms with Crippen molar-refractivity contribution in [2.24, 2.45) is 11.7 Å². The fourth-order valence-corrected chi connectivity index (χ4v) is 2.14. The summed E-state index contributed by atoms with van der Waals surface area (Å²) in [6.45, 7) is 2.49. The third kappa shape index (κ3) is 2.41. The van der Waals surface area contributed by atoms with Crippen LogP contribution in [0.4, 0.5) is 0 Å². The number of hydrogen-bond acceptors (Lipinski definition) is 3. The van der Waals surface area contributed by atoms with Gasteiger partial charge in [-0.15, -0.1) is 0 Å². The number of aromatic amines is 1. The summed E-state index contributed by atoms with van der Waals surface area (Å²) in [4.78, 5) is 11.8. The van der Waals surface area contributed by atoms with Crippen molar-refractivity contribution in [1.82, 2.24) is 15.5 Å². The molecule has 2 rings (SSSR count). The largest absolute Gasteiger partial charge is 0.352 e. The number of carbonyl (C=O) groups excluding carboxylic acids is 1. The zero-order valence-electron chi connectivity index (χ0n) is 9.49. The zero-order valence-corrected chi connectivity index (χ0v) is 9.49. The molecule has 5 heteroatoms. The third-order valence-electron chi connectivity index (χ3n) is 3.23. The van der Waals surface area contributed by atoms with E-state index < -0.39 is 0 Å². The fraction of sp³-hybridized carbons (Fsp3) is 0.636. The van der Waals surface area contributed by atoms with Crippen molar-refractivity contribution in [3.05, 3.63) is 17.5 Å². The minimum absolute atomic E-state index is 0.0993. The highest BCUT2D eigenvalue weighted by atomic mass is 16.1. The van der Waals surface area contributed by atoms with Gasteiger partial charge in [0.2, 0.25) is 5.91 Å². The van der Waals surface area contributed by atoms with Crippen LogP contribution in [0.3, 0.4) is 0 Å². The number of nitrogens with two attached hydrogens (primary N) is 1. The van der Waals surface area contributed by atoms with Crippen LogP contribution in [0.2, 0.25) is 0 Å². The monoisotopic (exact) mass is 222 g/mol. The summed E-state index contributed by atoms with van der Waals surface area (Å²) in [7, 11) is 0. The summed E-state index contributed by atoms with van der Waals surface area (Å²) >= 11 is 0. The van der Waals surface area contributed by atoms with E-state index in [4.69, 9.17) is 5.73 Å². The topological polar surface area (TPSA) is 83.8 Å². The second kappa shape index (κ2) is 4.65. The summed E-state index contributed by atoms with van der Waals surface area (Å²) in [6.07, 6.45) is 4.44. The van der Waals surface area contributed by atoms with E-state index in [1.54, 1.807) is 6.20 Å². The van der Waals surface area contributed by atoms with E-state index >= 15 is 0 Å². The van der Waals surface area contributed by atoms with Crippen LogP contribution in [0.15, 0.2) is 6.20 Å². The highest BCUT2D eigenvalue weighted by Gasteiger charge is 2.27. The lowest BCUT2D eigenvalue weighted by Gasteiger charge is -2.10. The number of nitrogens with zero attached hydrogens (tertiary/aromatic N) is 1. The van der Waals surface area contributed by atoms with Crippen LogP contribution in [0, 0.1) is 12.8 Å². The van der Waals surface area contributed by atoms with E-state index in [1.165, 1.54) is 0 Å². The molecule has 88 valence electrons. The Bertz CT molecular complexity index is 374. The molecule has 0 spiro atoms. The van der Waals surface area contributed by atoms with Crippen molar-refractivity contribution >= 4 is 5.91 Å². The summed E-state index contributed by atoms with van der Waals surface area (Å²) in [6, 6.07) is 0.200. The van der Waals surface area contributed by atoms with Gasteiger partial charge in [-0.2, -0.15) is 5.10 Å². The third-order valence-corrected chi connectivity index (χ3v) is 3.23. The van der Waals surface area contributed by atoms with Gasteiger partial charge in [-0.1, -0.05) is 0 Å². The van der Waals surface area contributed by atoms with E-state index in [1.807, 2.05) is 6.92 Å². The first-order chi connectivity index (χ1) is 7.66. The Balaban J connectivity index is 1.82. The van der Waals surface area contributed by atoms with Gasteiger partial charge in [0.05, 0.1) is 6.20 Å². The quantitative estimate of drug-likeness (QED) is 0.694. The second-order valence-electron chi connectivity index (χ2n) is 4.51. The molecule has 1 fully saturated rings. The van der Waals surface area contributed by atoms with E-state index in [-0.39, 0.29) is 17.9 Å². The second-order valence-corrected chi connectivity index (χ2v) is 4.51. The molecular formula is C11H18N4O. The van der Waals surface area contributed by atoms with Gasteiger partial charge in [0.25, 0.3) is 0 Å². The van der Waals surface area contributed by atoms with Gasteiger partial charge in [-0.25, -0.2) is 0 Å². The maximum atomic E-state index is 11.8. The van der Waals surface area contributed by atoms with Crippen molar-refractivity contribution < 1.29 is 4.79 Å². The van der Waals surface area contributed by atoms with Crippen molar-refractivity contribution in [2.75, 3.05) is 0 Å². The van der Waals surface area contributed by atoms with Crippen LogP contribution in [0.25, 0.3) is 0 Å². The molecule has 0 saturated heterocycles. The Morgan fingerprint density at radius 3 is 3.06 bits per heavy atom. The predicted octanol–water partition coefficient (Wildman–Crippen LogP) is 0.462. The normalized spacial score (nSPS) is 24.6. The minimum atomic E-state index is 0.0993. The van der Waals surface area contributed by atoms with Crippen molar-refractivity contribution in [3.63, 3.8) is 0 Å². The molecular weight excluding hydrogens is 204 g/mol. The number of aryl methyl sites for hydroxylation is 1. The molecule has 0 aromatic carbocycles. The lowest BCUT2D eigenvalue weighted by Crippen LogP contribution is -2.30. The zero-order chi connectivity index (χ0) is 11.5. The number of H-pyrrole nitrogens is 1. The smallest absolute Gasteiger partial charge is 0.223 e. The maximum absolute atomic E-state index is 11.8. The Morgan fingerprint density at radius 1 is 1.69 bits per heavy atom. The number of carbonyl (C=O) groups is 1. The fourth-order valence-electron chi connectivity index (χ4n) is 2.14. The molecule has 1 heterocycles. The van der Waals surface area contributed by atoms with Crippen LogP contribution < -0.4 is 11.1 Å². The molecule has 1 aromatic rings.